The Labute approximate surface area is 132 Å². The van der Waals surface area contributed by atoms with Gasteiger partial charge in [0, 0.05) is 38.6 Å². The average molecular weight is 309 g/mol. The number of nitrogens with zero attached hydrogens (tertiary/aromatic N) is 2. The number of morpholine rings is 1. The minimum absolute atomic E-state index is 0.00358. The highest BCUT2D eigenvalue weighted by molar-refractivity contribution is 5.68. The topological polar surface area (TPSA) is 55.7 Å². The first kappa shape index (κ1) is 16.8. The third-order valence-corrected chi connectivity index (χ3v) is 3.59. The van der Waals surface area contributed by atoms with E-state index in [9.17, 15) is 4.79 Å². The van der Waals surface area contributed by atoms with Gasteiger partial charge in [-0.25, -0.2) is 4.79 Å². The molecule has 0 aromatic carbocycles. The van der Waals surface area contributed by atoms with Crippen LogP contribution >= 0.6 is 0 Å². The Balaban J connectivity index is 1.87. The van der Waals surface area contributed by atoms with Crippen molar-refractivity contribution >= 4 is 6.09 Å². The summed E-state index contributed by atoms with van der Waals surface area (Å²) in [5.74, 6) is 0. The van der Waals surface area contributed by atoms with Crippen molar-refractivity contribution in [1.29, 1.82) is 0 Å². The molecule has 0 saturated carbocycles. The molecule has 1 fully saturated rings. The molecule has 0 aliphatic carbocycles. The molecular weight excluding hydrogens is 282 g/mol. The number of carbonyl (C=O) groups is 1. The molecule has 1 aromatic rings. The van der Waals surface area contributed by atoms with E-state index in [1.807, 2.05) is 40.1 Å². The third kappa shape index (κ3) is 4.74. The number of carbonyl (C=O) groups excluding carboxylic acids is 1. The Kier molecular flexibility index (Phi) is 5.47. The lowest BCUT2D eigenvalue weighted by Crippen LogP contribution is -2.54. The molecule has 1 N–H and O–H groups in total. The maximum Gasteiger partial charge on any atom is 0.410 e. The lowest BCUT2D eigenvalue weighted by molar-refractivity contribution is -0.0317. The summed E-state index contributed by atoms with van der Waals surface area (Å²) in [6.07, 6.45) is 1.76. The molecule has 6 nitrogen and oxygen atoms in total. The molecule has 1 aromatic heterocycles. The van der Waals surface area contributed by atoms with Crippen molar-refractivity contribution in [3.8, 4) is 0 Å². The van der Waals surface area contributed by atoms with Crippen LogP contribution in [0.4, 0.5) is 4.79 Å². The number of aryl methyl sites for hydroxylation is 1. The zero-order valence-electron chi connectivity index (χ0n) is 14.0. The van der Waals surface area contributed by atoms with Crippen LogP contribution < -0.4 is 5.32 Å². The number of aromatic nitrogens is 1. The summed E-state index contributed by atoms with van der Waals surface area (Å²) < 4.78 is 13.1. The second kappa shape index (κ2) is 7.15. The minimum Gasteiger partial charge on any atom is -0.444 e. The van der Waals surface area contributed by atoms with Gasteiger partial charge in [0.2, 0.25) is 0 Å². The Morgan fingerprint density at radius 2 is 2.27 bits per heavy atom. The van der Waals surface area contributed by atoms with Crippen LogP contribution in [0.2, 0.25) is 0 Å². The van der Waals surface area contributed by atoms with Crippen molar-refractivity contribution in [2.24, 2.45) is 7.05 Å². The molecular formula is C16H27N3O3. The first-order valence-corrected chi connectivity index (χ1v) is 7.75. The van der Waals surface area contributed by atoms with Crippen LogP contribution in [-0.2, 0) is 23.1 Å². The van der Waals surface area contributed by atoms with E-state index >= 15 is 0 Å². The molecule has 1 unspecified atom stereocenters. The van der Waals surface area contributed by atoms with E-state index in [0.717, 1.165) is 6.54 Å². The van der Waals surface area contributed by atoms with Gasteiger partial charge in [0.15, 0.2) is 0 Å². The molecule has 1 atom stereocenters. The van der Waals surface area contributed by atoms with Crippen LogP contribution in [0, 0.1) is 0 Å². The molecule has 1 aliphatic rings. The van der Waals surface area contributed by atoms with E-state index in [2.05, 4.69) is 16.0 Å². The summed E-state index contributed by atoms with van der Waals surface area (Å²) in [6, 6.07) is 4.10. The summed E-state index contributed by atoms with van der Waals surface area (Å²) in [5.41, 5.74) is 0.733. The molecule has 0 radical (unpaired) electrons. The van der Waals surface area contributed by atoms with Gasteiger partial charge >= 0.3 is 6.09 Å². The van der Waals surface area contributed by atoms with Crippen LogP contribution in [0.3, 0.4) is 0 Å². The number of hydrogen-bond acceptors (Lipinski definition) is 4. The average Bonchev–Trinajstić information content (AvgIpc) is 2.83. The van der Waals surface area contributed by atoms with E-state index in [-0.39, 0.29) is 12.1 Å². The number of hydrogen-bond donors (Lipinski definition) is 1. The summed E-state index contributed by atoms with van der Waals surface area (Å²) in [7, 11) is 2.02. The van der Waals surface area contributed by atoms with Crippen LogP contribution in [-0.4, -0.2) is 53.5 Å². The van der Waals surface area contributed by atoms with E-state index in [4.69, 9.17) is 9.47 Å². The molecule has 2 rings (SSSR count). The van der Waals surface area contributed by atoms with Gasteiger partial charge in [0.25, 0.3) is 0 Å². The minimum atomic E-state index is -0.476. The second-order valence-corrected chi connectivity index (χ2v) is 6.64. The molecule has 0 bridgehead atoms. The van der Waals surface area contributed by atoms with Crippen molar-refractivity contribution < 1.29 is 14.3 Å². The van der Waals surface area contributed by atoms with Crippen molar-refractivity contribution in [3.63, 3.8) is 0 Å². The highest BCUT2D eigenvalue weighted by Crippen LogP contribution is 2.14. The summed E-state index contributed by atoms with van der Waals surface area (Å²) in [5, 5.41) is 3.40. The number of nitrogens with one attached hydrogen (secondary N) is 1. The van der Waals surface area contributed by atoms with Crippen LogP contribution in [0.5, 0.6) is 0 Å². The van der Waals surface area contributed by atoms with Gasteiger partial charge in [0.05, 0.1) is 19.3 Å². The Hall–Kier alpha value is -1.53. The Morgan fingerprint density at radius 3 is 2.91 bits per heavy atom. The zero-order valence-corrected chi connectivity index (χ0v) is 14.0. The van der Waals surface area contributed by atoms with Crippen molar-refractivity contribution in [1.82, 2.24) is 14.8 Å². The van der Waals surface area contributed by atoms with Crippen molar-refractivity contribution in [2.75, 3.05) is 26.3 Å². The fraction of sp³-hybridized carbons (Fsp3) is 0.688. The van der Waals surface area contributed by atoms with Crippen molar-refractivity contribution in [2.45, 2.75) is 39.0 Å². The lowest BCUT2D eigenvalue weighted by Gasteiger charge is -2.36. The number of rotatable bonds is 4. The van der Waals surface area contributed by atoms with Gasteiger partial charge in [-0.3, -0.25) is 4.90 Å². The lowest BCUT2D eigenvalue weighted by atomic mass is 10.2. The maximum atomic E-state index is 12.3. The fourth-order valence-corrected chi connectivity index (χ4v) is 2.43. The number of ether oxygens (including phenoxy) is 2. The monoisotopic (exact) mass is 309 g/mol. The Bertz CT molecular complexity index is 493. The molecule has 6 heteroatoms. The first-order chi connectivity index (χ1) is 10.4. The van der Waals surface area contributed by atoms with Crippen LogP contribution in [0.25, 0.3) is 0 Å². The van der Waals surface area contributed by atoms with Gasteiger partial charge in [-0.15, -0.1) is 0 Å². The maximum absolute atomic E-state index is 12.3. The van der Waals surface area contributed by atoms with E-state index < -0.39 is 5.60 Å². The predicted octanol–water partition coefficient (Wildman–Crippen LogP) is 1.75. The highest BCUT2D eigenvalue weighted by atomic mass is 16.6. The highest BCUT2D eigenvalue weighted by Gasteiger charge is 2.30. The first-order valence-electron chi connectivity index (χ1n) is 7.75. The van der Waals surface area contributed by atoms with Gasteiger partial charge in [-0.1, -0.05) is 0 Å². The fourth-order valence-electron chi connectivity index (χ4n) is 2.43. The third-order valence-electron chi connectivity index (χ3n) is 3.59. The summed E-state index contributed by atoms with van der Waals surface area (Å²) in [6.45, 7) is 8.78. The molecule has 124 valence electrons. The smallest absolute Gasteiger partial charge is 0.410 e. The van der Waals surface area contributed by atoms with Crippen molar-refractivity contribution in [3.05, 3.63) is 24.0 Å². The van der Waals surface area contributed by atoms with E-state index in [1.54, 1.807) is 4.90 Å². The molecule has 1 amide bonds. The molecule has 0 spiro atoms. The summed E-state index contributed by atoms with van der Waals surface area (Å²) >= 11 is 0. The normalized spacial score (nSPS) is 19.3. The molecule has 1 saturated heterocycles. The van der Waals surface area contributed by atoms with E-state index in [0.29, 0.717) is 26.3 Å². The van der Waals surface area contributed by atoms with Crippen LogP contribution in [0.15, 0.2) is 18.3 Å². The summed E-state index contributed by atoms with van der Waals surface area (Å²) in [4.78, 5) is 14.1. The van der Waals surface area contributed by atoms with Gasteiger partial charge in [0.1, 0.15) is 5.60 Å². The predicted molar refractivity (Wildman–Crippen MR) is 84.7 cm³/mol. The SMILES string of the molecule is Cn1cccc1CNCC1COCCN1C(=O)OC(C)(C)C. The van der Waals surface area contributed by atoms with Crippen LogP contribution in [0.1, 0.15) is 26.5 Å². The molecule has 22 heavy (non-hydrogen) atoms. The zero-order chi connectivity index (χ0) is 16.2. The van der Waals surface area contributed by atoms with Gasteiger partial charge in [-0.2, -0.15) is 0 Å². The number of amides is 1. The van der Waals surface area contributed by atoms with Gasteiger partial charge < -0.3 is 19.4 Å². The largest absolute Gasteiger partial charge is 0.444 e. The standard InChI is InChI=1S/C16H27N3O3/c1-16(2,3)22-15(20)19-8-9-21-12-14(19)11-17-10-13-6-5-7-18(13)4/h5-7,14,17H,8-12H2,1-4H3. The van der Waals surface area contributed by atoms with Gasteiger partial charge in [-0.05, 0) is 32.9 Å². The second-order valence-electron chi connectivity index (χ2n) is 6.64. The quantitative estimate of drug-likeness (QED) is 0.920. The Morgan fingerprint density at radius 1 is 1.50 bits per heavy atom. The molecule has 2 heterocycles. The van der Waals surface area contributed by atoms with E-state index in [1.165, 1.54) is 5.69 Å². The molecule has 1 aliphatic heterocycles.